The van der Waals surface area contributed by atoms with Crippen LogP contribution in [0.2, 0.25) is 10.0 Å². The first-order chi connectivity index (χ1) is 12.5. The number of carbonyl (C=O) groups excluding carboxylic acids is 1. The van der Waals surface area contributed by atoms with Crippen LogP contribution < -0.4 is 0 Å². The summed E-state index contributed by atoms with van der Waals surface area (Å²) in [6.07, 6.45) is 2.31. The van der Waals surface area contributed by atoms with Gasteiger partial charge in [0, 0.05) is 47.7 Å². The van der Waals surface area contributed by atoms with Crippen molar-refractivity contribution in [3.63, 3.8) is 0 Å². The maximum atomic E-state index is 12.7. The molecule has 1 amide bonds. The second-order valence-corrected chi connectivity index (χ2v) is 7.80. The first kappa shape index (κ1) is 17.8. The van der Waals surface area contributed by atoms with E-state index in [0.29, 0.717) is 40.5 Å². The third-order valence-electron chi connectivity index (χ3n) is 5.02. The van der Waals surface area contributed by atoms with Crippen LogP contribution in [0, 0.1) is 0 Å². The molecule has 8 heteroatoms. The number of benzene rings is 1. The summed E-state index contributed by atoms with van der Waals surface area (Å²) in [5.41, 5.74) is 0.523. The molecule has 0 radical (unpaired) electrons. The lowest BCUT2D eigenvalue weighted by Crippen LogP contribution is -2.49. The first-order valence-electron chi connectivity index (χ1n) is 8.84. The maximum absolute atomic E-state index is 12.7. The van der Waals surface area contributed by atoms with Gasteiger partial charge in [0.05, 0.1) is 6.04 Å². The monoisotopic (exact) mass is 394 g/mol. The van der Waals surface area contributed by atoms with E-state index in [1.807, 2.05) is 4.90 Å². The molecule has 1 saturated carbocycles. The van der Waals surface area contributed by atoms with Crippen LogP contribution in [-0.4, -0.2) is 52.0 Å². The fourth-order valence-corrected chi connectivity index (χ4v) is 3.78. The molecule has 1 aliphatic heterocycles. The van der Waals surface area contributed by atoms with Crippen LogP contribution in [-0.2, 0) is 0 Å². The number of piperazine rings is 1. The molecule has 1 aromatic heterocycles. The molecule has 0 N–H and O–H groups in total. The van der Waals surface area contributed by atoms with Gasteiger partial charge in [0.25, 0.3) is 5.91 Å². The van der Waals surface area contributed by atoms with Crippen molar-refractivity contribution in [2.75, 3.05) is 26.2 Å². The van der Waals surface area contributed by atoms with E-state index in [1.54, 1.807) is 18.2 Å². The molecule has 1 unspecified atom stereocenters. The van der Waals surface area contributed by atoms with Gasteiger partial charge in [-0.15, -0.1) is 0 Å². The van der Waals surface area contributed by atoms with Crippen LogP contribution in [0.5, 0.6) is 0 Å². The second kappa shape index (κ2) is 7.18. The Morgan fingerprint density at radius 1 is 1.15 bits per heavy atom. The summed E-state index contributed by atoms with van der Waals surface area (Å²) in [6.45, 7) is 4.84. The Morgan fingerprint density at radius 2 is 1.81 bits per heavy atom. The normalized spacial score (nSPS) is 19.6. The van der Waals surface area contributed by atoms with Gasteiger partial charge < -0.3 is 9.42 Å². The summed E-state index contributed by atoms with van der Waals surface area (Å²) >= 11 is 12.0. The van der Waals surface area contributed by atoms with E-state index < -0.39 is 0 Å². The second-order valence-electron chi connectivity index (χ2n) is 6.93. The summed E-state index contributed by atoms with van der Waals surface area (Å²) < 4.78 is 5.44. The van der Waals surface area contributed by atoms with E-state index in [-0.39, 0.29) is 11.9 Å². The topological polar surface area (TPSA) is 62.5 Å². The molecule has 1 saturated heterocycles. The highest BCUT2D eigenvalue weighted by molar-refractivity contribution is 6.35. The summed E-state index contributed by atoms with van der Waals surface area (Å²) in [6, 6.07) is 4.98. The Labute approximate surface area is 162 Å². The van der Waals surface area contributed by atoms with Gasteiger partial charge in [0.15, 0.2) is 5.82 Å². The molecule has 138 valence electrons. The van der Waals surface area contributed by atoms with E-state index in [2.05, 4.69) is 22.0 Å². The van der Waals surface area contributed by atoms with E-state index in [1.165, 1.54) is 0 Å². The molecule has 4 rings (SSSR count). The number of carbonyl (C=O) groups is 1. The molecule has 0 spiro atoms. The predicted molar refractivity (Wildman–Crippen MR) is 98.6 cm³/mol. The summed E-state index contributed by atoms with van der Waals surface area (Å²) in [7, 11) is 0. The summed E-state index contributed by atoms with van der Waals surface area (Å²) in [5, 5.41) is 5.03. The van der Waals surface area contributed by atoms with Crippen molar-refractivity contribution in [3.05, 3.63) is 45.5 Å². The molecular weight excluding hydrogens is 375 g/mol. The zero-order valence-electron chi connectivity index (χ0n) is 14.5. The SMILES string of the molecule is CC(c1nc(C2CC2)no1)N1CCN(C(=O)c2cc(Cl)cc(Cl)c2)CC1. The molecule has 6 nitrogen and oxygen atoms in total. The Hall–Kier alpha value is -1.63. The van der Waals surface area contributed by atoms with Gasteiger partial charge in [-0.3, -0.25) is 9.69 Å². The fraction of sp³-hybridized carbons (Fsp3) is 0.500. The van der Waals surface area contributed by atoms with Crippen LogP contribution in [0.25, 0.3) is 0 Å². The standard InChI is InChI=1S/C18H20Cl2N4O2/c1-11(17-21-16(22-26-17)12-2-3-12)23-4-6-24(7-5-23)18(25)13-8-14(19)10-15(20)9-13/h8-12H,2-7H2,1H3. The Bertz CT molecular complexity index is 793. The molecular formula is C18H20Cl2N4O2. The van der Waals surface area contributed by atoms with E-state index >= 15 is 0 Å². The van der Waals surface area contributed by atoms with Crippen molar-refractivity contribution < 1.29 is 9.32 Å². The lowest BCUT2D eigenvalue weighted by Gasteiger charge is -2.36. The Balaban J connectivity index is 1.37. The van der Waals surface area contributed by atoms with E-state index in [9.17, 15) is 4.79 Å². The maximum Gasteiger partial charge on any atom is 0.254 e. The molecule has 1 atom stereocenters. The number of hydrogen-bond donors (Lipinski definition) is 0. The largest absolute Gasteiger partial charge is 0.338 e. The first-order valence-corrected chi connectivity index (χ1v) is 9.60. The molecule has 26 heavy (non-hydrogen) atoms. The minimum Gasteiger partial charge on any atom is -0.338 e. The number of aromatic nitrogens is 2. The minimum absolute atomic E-state index is 0.0458. The number of halogens is 2. The molecule has 2 aromatic rings. The van der Waals surface area contributed by atoms with Crippen LogP contribution >= 0.6 is 23.2 Å². The van der Waals surface area contributed by atoms with Gasteiger partial charge in [0.2, 0.25) is 5.89 Å². The molecule has 1 aliphatic carbocycles. The number of hydrogen-bond acceptors (Lipinski definition) is 5. The van der Waals surface area contributed by atoms with Crippen LogP contribution in [0.3, 0.4) is 0 Å². The molecule has 2 heterocycles. The Morgan fingerprint density at radius 3 is 2.42 bits per heavy atom. The minimum atomic E-state index is -0.0458. The quantitative estimate of drug-likeness (QED) is 0.789. The van der Waals surface area contributed by atoms with Crippen molar-refractivity contribution in [2.24, 2.45) is 0 Å². The number of nitrogens with zero attached hydrogens (tertiary/aromatic N) is 4. The van der Waals surface area contributed by atoms with Gasteiger partial charge in [-0.05, 0) is 38.0 Å². The highest BCUT2D eigenvalue weighted by Crippen LogP contribution is 2.38. The highest BCUT2D eigenvalue weighted by Gasteiger charge is 2.32. The summed E-state index contributed by atoms with van der Waals surface area (Å²) in [5.74, 6) is 1.93. The number of rotatable bonds is 4. The van der Waals surface area contributed by atoms with Gasteiger partial charge >= 0.3 is 0 Å². The van der Waals surface area contributed by atoms with Gasteiger partial charge in [0.1, 0.15) is 0 Å². The lowest BCUT2D eigenvalue weighted by molar-refractivity contribution is 0.0551. The molecule has 2 aliphatic rings. The third kappa shape index (κ3) is 3.72. The average molecular weight is 395 g/mol. The van der Waals surface area contributed by atoms with E-state index in [4.69, 9.17) is 27.7 Å². The average Bonchev–Trinajstić information content (AvgIpc) is 3.37. The van der Waals surface area contributed by atoms with Gasteiger partial charge in [-0.25, -0.2) is 0 Å². The fourth-order valence-electron chi connectivity index (χ4n) is 3.25. The summed E-state index contributed by atoms with van der Waals surface area (Å²) in [4.78, 5) is 21.3. The van der Waals surface area contributed by atoms with Crippen molar-refractivity contribution >= 4 is 29.1 Å². The zero-order chi connectivity index (χ0) is 18.3. The lowest BCUT2D eigenvalue weighted by atomic mass is 10.1. The zero-order valence-corrected chi connectivity index (χ0v) is 16.0. The smallest absolute Gasteiger partial charge is 0.254 e. The van der Waals surface area contributed by atoms with Crippen molar-refractivity contribution in [1.29, 1.82) is 0 Å². The van der Waals surface area contributed by atoms with Crippen molar-refractivity contribution in [1.82, 2.24) is 19.9 Å². The highest BCUT2D eigenvalue weighted by atomic mass is 35.5. The van der Waals surface area contributed by atoms with Crippen LogP contribution in [0.15, 0.2) is 22.7 Å². The van der Waals surface area contributed by atoms with Gasteiger partial charge in [-0.2, -0.15) is 4.98 Å². The Kier molecular flexibility index (Phi) is 4.90. The predicted octanol–water partition coefficient (Wildman–Crippen LogP) is 3.77. The molecule has 0 bridgehead atoms. The molecule has 2 fully saturated rings. The molecule has 1 aromatic carbocycles. The van der Waals surface area contributed by atoms with Crippen molar-refractivity contribution in [3.8, 4) is 0 Å². The van der Waals surface area contributed by atoms with E-state index in [0.717, 1.165) is 31.8 Å². The number of amides is 1. The van der Waals surface area contributed by atoms with Gasteiger partial charge in [-0.1, -0.05) is 28.4 Å². The van der Waals surface area contributed by atoms with Crippen LogP contribution in [0.4, 0.5) is 0 Å². The third-order valence-corrected chi connectivity index (χ3v) is 5.45. The van der Waals surface area contributed by atoms with Crippen molar-refractivity contribution in [2.45, 2.75) is 31.7 Å². The van der Waals surface area contributed by atoms with Crippen LogP contribution in [0.1, 0.15) is 53.8 Å².